The average Bonchev–Trinajstić information content (AvgIpc) is 2.33. The molecule has 1 rings (SSSR count). The van der Waals surface area contributed by atoms with Gasteiger partial charge < -0.3 is 10.4 Å². The second-order valence-corrected chi connectivity index (χ2v) is 4.69. The second-order valence-electron chi connectivity index (χ2n) is 4.69. The zero-order valence-corrected chi connectivity index (χ0v) is 11.1. The molecule has 0 heterocycles. The highest BCUT2D eigenvalue weighted by molar-refractivity contribution is 5.79. The fraction of sp³-hybridized carbons (Fsp3) is 0.417. The predicted molar refractivity (Wildman–Crippen MR) is 68.0 cm³/mol. The highest BCUT2D eigenvalue weighted by Gasteiger charge is 2.33. The minimum atomic E-state index is -4.71. The number of carbonyl (C=O) groups is 1. The van der Waals surface area contributed by atoms with Crippen LogP contribution >= 0.6 is 0 Å². The van der Waals surface area contributed by atoms with Crippen molar-refractivity contribution in [3.63, 3.8) is 0 Å². The molecule has 9 heteroatoms. The summed E-state index contributed by atoms with van der Waals surface area (Å²) >= 11 is 0. The van der Waals surface area contributed by atoms with Crippen molar-refractivity contribution < 1.29 is 28.0 Å². The molecule has 6 nitrogen and oxygen atoms in total. The van der Waals surface area contributed by atoms with Gasteiger partial charge in [0.2, 0.25) is 0 Å². The largest absolute Gasteiger partial charge is 0.480 e. The average molecular weight is 306 g/mol. The van der Waals surface area contributed by atoms with Crippen LogP contribution in [0.3, 0.4) is 0 Å². The van der Waals surface area contributed by atoms with E-state index in [-0.39, 0.29) is 5.69 Å². The summed E-state index contributed by atoms with van der Waals surface area (Å²) in [5, 5.41) is 22.3. The Bertz CT molecular complexity index is 558. The van der Waals surface area contributed by atoms with Gasteiger partial charge in [-0.15, -0.1) is 0 Å². The SMILES string of the molecule is CC(C)[C@@H](Nc1ccc(C(F)(F)F)cc1[N+](=O)[O-])C(=O)O. The molecule has 0 aliphatic rings. The van der Waals surface area contributed by atoms with Crippen molar-refractivity contribution in [3.8, 4) is 0 Å². The third-order valence-corrected chi connectivity index (χ3v) is 2.77. The van der Waals surface area contributed by atoms with Gasteiger partial charge in [-0.1, -0.05) is 13.8 Å². The van der Waals surface area contributed by atoms with E-state index in [2.05, 4.69) is 5.32 Å². The van der Waals surface area contributed by atoms with Crippen molar-refractivity contribution in [3.05, 3.63) is 33.9 Å². The minimum absolute atomic E-state index is 0.269. The third kappa shape index (κ3) is 4.07. The molecule has 116 valence electrons. The maximum absolute atomic E-state index is 12.5. The zero-order chi connectivity index (χ0) is 16.4. The van der Waals surface area contributed by atoms with Crippen LogP contribution in [0.4, 0.5) is 24.5 Å². The highest BCUT2D eigenvalue weighted by atomic mass is 19.4. The Kier molecular flexibility index (Phi) is 4.77. The number of rotatable bonds is 5. The van der Waals surface area contributed by atoms with Crippen molar-refractivity contribution in [2.24, 2.45) is 5.92 Å². The summed E-state index contributed by atoms with van der Waals surface area (Å²) < 4.78 is 37.6. The Morgan fingerprint density at radius 2 is 1.95 bits per heavy atom. The van der Waals surface area contributed by atoms with E-state index in [0.29, 0.717) is 12.1 Å². The lowest BCUT2D eigenvalue weighted by Crippen LogP contribution is -2.34. The Morgan fingerprint density at radius 3 is 2.33 bits per heavy atom. The molecular formula is C12H13F3N2O4. The molecule has 0 aliphatic heterocycles. The summed E-state index contributed by atoms with van der Waals surface area (Å²) in [7, 11) is 0. The first-order chi connectivity index (χ1) is 9.54. The predicted octanol–water partition coefficient (Wildman–Crippen LogP) is 3.13. The van der Waals surface area contributed by atoms with E-state index in [1.54, 1.807) is 13.8 Å². The number of benzene rings is 1. The maximum atomic E-state index is 12.5. The molecule has 0 amide bonds. The van der Waals surface area contributed by atoms with Gasteiger partial charge in [0.25, 0.3) is 5.69 Å². The number of aliphatic carboxylic acids is 1. The topological polar surface area (TPSA) is 92.5 Å². The Morgan fingerprint density at radius 1 is 1.38 bits per heavy atom. The van der Waals surface area contributed by atoms with Gasteiger partial charge in [-0.2, -0.15) is 13.2 Å². The number of anilines is 1. The summed E-state index contributed by atoms with van der Waals surface area (Å²) in [6.45, 7) is 3.14. The summed E-state index contributed by atoms with van der Waals surface area (Å²) in [5.41, 5.74) is -2.26. The number of hydrogen-bond acceptors (Lipinski definition) is 4. The van der Waals surface area contributed by atoms with Gasteiger partial charge in [0.05, 0.1) is 10.5 Å². The lowest BCUT2D eigenvalue weighted by Gasteiger charge is -2.19. The van der Waals surface area contributed by atoms with Gasteiger partial charge in [-0.05, 0) is 18.1 Å². The molecule has 0 unspecified atom stereocenters. The number of nitrogens with zero attached hydrogens (tertiary/aromatic N) is 1. The quantitative estimate of drug-likeness (QED) is 0.644. The van der Waals surface area contributed by atoms with Crippen LogP contribution in [-0.2, 0) is 11.0 Å². The van der Waals surface area contributed by atoms with Gasteiger partial charge >= 0.3 is 12.1 Å². The van der Waals surface area contributed by atoms with Gasteiger partial charge in [0.15, 0.2) is 0 Å². The molecule has 1 aromatic rings. The van der Waals surface area contributed by atoms with Crippen molar-refractivity contribution >= 4 is 17.3 Å². The van der Waals surface area contributed by atoms with Crippen LogP contribution in [0.15, 0.2) is 18.2 Å². The van der Waals surface area contributed by atoms with Gasteiger partial charge in [0.1, 0.15) is 11.7 Å². The van der Waals surface area contributed by atoms with Crippen LogP contribution in [0.1, 0.15) is 19.4 Å². The van der Waals surface area contributed by atoms with Crippen molar-refractivity contribution in [2.75, 3.05) is 5.32 Å². The fourth-order valence-electron chi connectivity index (χ4n) is 1.66. The van der Waals surface area contributed by atoms with E-state index in [9.17, 15) is 28.1 Å². The smallest absolute Gasteiger partial charge is 0.416 e. The number of halogens is 3. The van der Waals surface area contributed by atoms with E-state index in [4.69, 9.17) is 5.11 Å². The number of nitro groups is 1. The van der Waals surface area contributed by atoms with Crippen LogP contribution in [0.5, 0.6) is 0 Å². The molecule has 0 saturated carbocycles. The standard InChI is InChI=1S/C12H13F3N2O4/c1-6(2)10(11(18)19)16-8-4-3-7(12(13,14)15)5-9(8)17(20)21/h3-6,10,16H,1-2H3,(H,18,19)/t10-/m1/s1. The lowest BCUT2D eigenvalue weighted by atomic mass is 10.0. The molecule has 0 bridgehead atoms. The van der Waals surface area contributed by atoms with Crippen molar-refractivity contribution in [1.82, 2.24) is 0 Å². The summed E-state index contributed by atoms with van der Waals surface area (Å²) in [4.78, 5) is 20.9. The van der Waals surface area contributed by atoms with E-state index in [1.807, 2.05) is 0 Å². The number of nitro benzene ring substituents is 1. The van der Waals surface area contributed by atoms with E-state index in [1.165, 1.54) is 0 Å². The Labute approximate surface area is 117 Å². The molecule has 0 fully saturated rings. The summed E-state index contributed by atoms with van der Waals surface area (Å²) in [6, 6.07) is 0.746. The number of carboxylic acids is 1. The Hall–Kier alpha value is -2.32. The monoisotopic (exact) mass is 306 g/mol. The van der Waals surface area contributed by atoms with Crippen molar-refractivity contribution in [2.45, 2.75) is 26.1 Å². The van der Waals surface area contributed by atoms with Gasteiger partial charge in [-0.25, -0.2) is 4.79 Å². The first kappa shape index (κ1) is 16.7. The summed E-state index contributed by atoms with van der Waals surface area (Å²) in [6.07, 6.45) is -4.71. The first-order valence-corrected chi connectivity index (χ1v) is 5.89. The maximum Gasteiger partial charge on any atom is 0.416 e. The second kappa shape index (κ2) is 5.98. The van der Waals surface area contributed by atoms with E-state index < -0.39 is 40.3 Å². The van der Waals surface area contributed by atoms with Gasteiger partial charge in [-0.3, -0.25) is 10.1 Å². The molecule has 0 radical (unpaired) electrons. The number of alkyl halides is 3. The van der Waals surface area contributed by atoms with Crippen LogP contribution in [0, 0.1) is 16.0 Å². The van der Waals surface area contributed by atoms with Crippen LogP contribution < -0.4 is 5.32 Å². The van der Waals surface area contributed by atoms with Crippen LogP contribution in [0.25, 0.3) is 0 Å². The molecule has 0 saturated heterocycles. The Balaban J connectivity index is 3.24. The lowest BCUT2D eigenvalue weighted by molar-refractivity contribution is -0.384. The molecule has 0 spiro atoms. The minimum Gasteiger partial charge on any atom is -0.480 e. The van der Waals surface area contributed by atoms with Crippen LogP contribution in [0.2, 0.25) is 0 Å². The van der Waals surface area contributed by atoms with E-state index in [0.717, 1.165) is 6.07 Å². The van der Waals surface area contributed by atoms with E-state index >= 15 is 0 Å². The van der Waals surface area contributed by atoms with Gasteiger partial charge in [0, 0.05) is 6.07 Å². The molecule has 1 atom stereocenters. The number of carboxylic acid groups (broad SMARTS) is 1. The zero-order valence-electron chi connectivity index (χ0n) is 11.1. The fourth-order valence-corrected chi connectivity index (χ4v) is 1.66. The number of nitrogens with one attached hydrogen (secondary N) is 1. The molecule has 0 aromatic heterocycles. The molecular weight excluding hydrogens is 293 g/mol. The third-order valence-electron chi connectivity index (χ3n) is 2.77. The molecule has 1 aromatic carbocycles. The molecule has 2 N–H and O–H groups in total. The normalized spacial score (nSPS) is 13.0. The van der Waals surface area contributed by atoms with Crippen molar-refractivity contribution in [1.29, 1.82) is 0 Å². The first-order valence-electron chi connectivity index (χ1n) is 5.89. The van der Waals surface area contributed by atoms with Crippen LogP contribution in [-0.4, -0.2) is 22.0 Å². The number of hydrogen-bond donors (Lipinski definition) is 2. The molecule has 0 aliphatic carbocycles. The molecule has 21 heavy (non-hydrogen) atoms. The summed E-state index contributed by atoms with van der Waals surface area (Å²) in [5.74, 6) is -1.66. The highest BCUT2D eigenvalue weighted by Crippen LogP contribution is 2.35.